The van der Waals surface area contributed by atoms with Gasteiger partial charge in [0, 0.05) is 28.7 Å². The Hall–Kier alpha value is -1.39. The highest BCUT2D eigenvalue weighted by molar-refractivity contribution is 6.30. The smallest absolute Gasteiger partial charge is 0.170 e. The first-order valence-corrected chi connectivity index (χ1v) is 8.62. The van der Waals surface area contributed by atoms with E-state index in [0.29, 0.717) is 28.6 Å². The first-order chi connectivity index (χ1) is 11.4. The zero-order chi connectivity index (χ0) is 17.3. The molecule has 3 nitrogen and oxygen atoms in total. The molecule has 1 heterocycles. The van der Waals surface area contributed by atoms with Crippen LogP contribution in [0.2, 0.25) is 10.0 Å². The number of nitrogens with zero attached hydrogens (tertiary/aromatic N) is 1. The Morgan fingerprint density at radius 3 is 2.21 bits per heavy atom. The number of benzene rings is 2. The van der Waals surface area contributed by atoms with Crippen molar-refractivity contribution in [2.75, 3.05) is 20.1 Å². The van der Waals surface area contributed by atoms with Gasteiger partial charge in [0.05, 0.1) is 5.92 Å². The SMILES string of the molecule is CN1CC[C@](O)(c2ccc(Cl)cc2)[C@@H](C(=O)c2ccc(Cl)cc2)C1. The third-order valence-electron chi connectivity index (χ3n) is 4.73. The van der Waals surface area contributed by atoms with E-state index >= 15 is 0 Å². The van der Waals surface area contributed by atoms with Crippen molar-refractivity contribution in [3.63, 3.8) is 0 Å². The van der Waals surface area contributed by atoms with Gasteiger partial charge in [0.15, 0.2) is 5.78 Å². The van der Waals surface area contributed by atoms with Gasteiger partial charge < -0.3 is 10.0 Å². The van der Waals surface area contributed by atoms with Gasteiger partial charge in [0.2, 0.25) is 0 Å². The van der Waals surface area contributed by atoms with Gasteiger partial charge in [-0.05, 0) is 55.4 Å². The Morgan fingerprint density at radius 2 is 1.62 bits per heavy atom. The predicted molar refractivity (Wildman–Crippen MR) is 96.7 cm³/mol. The maximum Gasteiger partial charge on any atom is 0.170 e. The highest BCUT2D eigenvalue weighted by Crippen LogP contribution is 2.39. The minimum atomic E-state index is -1.20. The molecule has 24 heavy (non-hydrogen) atoms. The van der Waals surface area contributed by atoms with Crippen LogP contribution in [0.5, 0.6) is 0 Å². The van der Waals surface area contributed by atoms with Crippen LogP contribution in [0.15, 0.2) is 48.5 Å². The summed E-state index contributed by atoms with van der Waals surface area (Å²) in [5, 5.41) is 12.6. The molecule has 2 atom stereocenters. The first kappa shape index (κ1) is 17.4. The second-order valence-electron chi connectivity index (χ2n) is 6.37. The van der Waals surface area contributed by atoms with Crippen LogP contribution in [0, 0.1) is 5.92 Å². The van der Waals surface area contributed by atoms with Gasteiger partial charge in [0.25, 0.3) is 0 Å². The average Bonchev–Trinajstić information content (AvgIpc) is 2.58. The minimum absolute atomic E-state index is 0.0735. The van der Waals surface area contributed by atoms with E-state index in [2.05, 4.69) is 4.90 Å². The summed E-state index contributed by atoms with van der Waals surface area (Å²) in [5.74, 6) is -0.616. The molecule has 2 aromatic rings. The molecule has 0 unspecified atom stereocenters. The Bertz CT molecular complexity index is 730. The van der Waals surface area contributed by atoms with Crippen LogP contribution in [-0.4, -0.2) is 35.9 Å². The largest absolute Gasteiger partial charge is 0.384 e. The summed E-state index contributed by atoms with van der Waals surface area (Å²) < 4.78 is 0. The van der Waals surface area contributed by atoms with Gasteiger partial charge in [0.1, 0.15) is 5.60 Å². The molecule has 0 amide bonds. The molecule has 0 aliphatic carbocycles. The zero-order valence-electron chi connectivity index (χ0n) is 13.4. The van der Waals surface area contributed by atoms with Crippen molar-refractivity contribution in [1.82, 2.24) is 4.90 Å². The summed E-state index contributed by atoms with van der Waals surface area (Å²) in [6.45, 7) is 1.23. The lowest BCUT2D eigenvalue weighted by molar-refractivity contribution is -0.0594. The molecule has 1 saturated heterocycles. The number of aliphatic hydroxyl groups is 1. The van der Waals surface area contributed by atoms with Crippen LogP contribution < -0.4 is 0 Å². The number of rotatable bonds is 3. The minimum Gasteiger partial charge on any atom is -0.384 e. The number of hydrogen-bond acceptors (Lipinski definition) is 3. The molecule has 1 aliphatic heterocycles. The quantitative estimate of drug-likeness (QED) is 0.837. The highest BCUT2D eigenvalue weighted by Gasteiger charge is 2.46. The third-order valence-corrected chi connectivity index (χ3v) is 5.24. The topological polar surface area (TPSA) is 40.5 Å². The number of piperidine rings is 1. The Morgan fingerprint density at radius 1 is 1.08 bits per heavy atom. The van der Waals surface area contributed by atoms with Crippen molar-refractivity contribution in [3.05, 3.63) is 69.7 Å². The van der Waals surface area contributed by atoms with E-state index in [1.54, 1.807) is 48.5 Å². The van der Waals surface area contributed by atoms with Crippen molar-refractivity contribution < 1.29 is 9.90 Å². The number of likely N-dealkylation sites (tertiary alicyclic amines) is 1. The molecular weight excluding hydrogens is 345 g/mol. The van der Waals surface area contributed by atoms with E-state index in [4.69, 9.17) is 23.2 Å². The predicted octanol–water partition coefficient (Wildman–Crippen LogP) is 4.02. The zero-order valence-corrected chi connectivity index (χ0v) is 14.9. The average molecular weight is 364 g/mol. The van der Waals surface area contributed by atoms with Gasteiger partial charge in [-0.3, -0.25) is 4.79 Å². The Labute approximate surface area is 151 Å². The van der Waals surface area contributed by atoms with Crippen molar-refractivity contribution in [2.45, 2.75) is 12.0 Å². The summed E-state index contributed by atoms with van der Waals surface area (Å²) in [6.07, 6.45) is 0.495. The van der Waals surface area contributed by atoms with Crippen LogP contribution >= 0.6 is 23.2 Å². The lowest BCUT2D eigenvalue weighted by Gasteiger charge is -2.43. The van der Waals surface area contributed by atoms with E-state index in [1.165, 1.54) is 0 Å². The van der Waals surface area contributed by atoms with Gasteiger partial charge in [-0.1, -0.05) is 35.3 Å². The number of halogens is 2. The van der Waals surface area contributed by atoms with Crippen molar-refractivity contribution >= 4 is 29.0 Å². The second-order valence-corrected chi connectivity index (χ2v) is 7.24. The maximum atomic E-state index is 13.1. The number of Topliss-reactive ketones (excluding diaryl/α,β-unsaturated/α-hetero) is 1. The fourth-order valence-electron chi connectivity index (χ4n) is 3.29. The summed E-state index contributed by atoms with van der Waals surface area (Å²) >= 11 is 11.9. The molecule has 3 rings (SSSR count). The molecule has 0 radical (unpaired) electrons. The first-order valence-electron chi connectivity index (χ1n) is 7.87. The molecule has 1 N–H and O–H groups in total. The number of carbonyl (C=O) groups excluding carboxylic acids is 1. The molecule has 5 heteroatoms. The van der Waals surface area contributed by atoms with Gasteiger partial charge in [-0.15, -0.1) is 0 Å². The lowest BCUT2D eigenvalue weighted by atomic mass is 9.73. The maximum absolute atomic E-state index is 13.1. The molecule has 0 saturated carbocycles. The summed E-state index contributed by atoms with van der Waals surface area (Å²) in [6, 6.07) is 13.9. The van der Waals surface area contributed by atoms with E-state index in [9.17, 15) is 9.90 Å². The monoisotopic (exact) mass is 363 g/mol. The Balaban J connectivity index is 1.98. The normalized spacial score (nSPS) is 24.8. The van der Waals surface area contributed by atoms with Crippen LogP contribution in [0.4, 0.5) is 0 Å². The molecule has 126 valence electrons. The van der Waals surface area contributed by atoms with Crippen molar-refractivity contribution in [3.8, 4) is 0 Å². The van der Waals surface area contributed by atoms with E-state index in [0.717, 1.165) is 12.1 Å². The number of ketones is 1. The van der Waals surface area contributed by atoms with E-state index in [1.807, 2.05) is 7.05 Å². The lowest BCUT2D eigenvalue weighted by Crippen LogP contribution is -2.52. The molecule has 1 fully saturated rings. The van der Waals surface area contributed by atoms with E-state index in [-0.39, 0.29) is 5.78 Å². The summed E-state index contributed by atoms with van der Waals surface area (Å²) in [5.41, 5.74) is 0.0905. The van der Waals surface area contributed by atoms with Crippen LogP contribution in [0.3, 0.4) is 0 Å². The summed E-state index contributed by atoms with van der Waals surface area (Å²) in [4.78, 5) is 15.1. The molecule has 2 aromatic carbocycles. The highest BCUT2D eigenvalue weighted by atomic mass is 35.5. The van der Waals surface area contributed by atoms with Gasteiger partial charge >= 0.3 is 0 Å². The standard InChI is InChI=1S/C19H19Cl2NO2/c1-22-11-10-19(24,14-4-8-16(21)9-5-14)17(12-22)18(23)13-2-6-15(20)7-3-13/h2-9,17,24H,10-12H2,1H3/t17-,19+/m1/s1. The fourth-order valence-corrected chi connectivity index (χ4v) is 3.54. The van der Waals surface area contributed by atoms with Crippen LogP contribution in [0.1, 0.15) is 22.3 Å². The molecule has 0 bridgehead atoms. The number of carbonyl (C=O) groups is 1. The molecule has 0 aromatic heterocycles. The van der Waals surface area contributed by atoms with Crippen LogP contribution in [-0.2, 0) is 5.60 Å². The summed E-state index contributed by atoms with van der Waals surface area (Å²) in [7, 11) is 1.96. The third kappa shape index (κ3) is 3.35. The molecule has 0 spiro atoms. The van der Waals surface area contributed by atoms with Crippen LogP contribution in [0.25, 0.3) is 0 Å². The van der Waals surface area contributed by atoms with Gasteiger partial charge in [-0.25, -0.2) is 0 Å². The Kier molecular flexibility index (Phi) is 4.97. The van der Waals surface area contributed by atoms with E-state index < -0.39 is 11.5 Å². The van der Waals surface area contributed by atoms with Gasteiger partial charge in [-0.2, -0.15) is 0 Å². The fraction of sp³-hybridized carbons (Fsp3) is 0.316. The van der Waals surface area contributed by atoms with Crippen molar-refractivity contribution in [1.29, 1.82) is 0 Å². The number of hydrogen-bond donors (Lipinski definition) is 1. The molecule has 1 aliphatic rings. The van der Waals surface area contributed by atoms with Crippen molar-refractivity contribution in [2.24, 2.45) is 5.92 Å². The second kappa shape index (κ2) is 6.85. The molecular formula is C19H19Cl2NO2.